The Balaban J connectivity index is 3.61. The van der Waals surface area contributed by atoms with Crippen LogP contribution in [-0.2, 0) is 4.74 Å². The summed E-state index contributed by atoms with van der Waals surface area (Å²) >= 11 is 0. The summed E-state index contributed by atoms with van der Waals surface area (Å²) in [7, 11) is 0. The van der Waals surface area contributed by atoms with Crippen LogP contribution in [0, 0.1) is 5.92 Å². The number of hydrogen-bond acceptors (Lipinski definition) is 1. The molecule has 0 heterocycles. The molecule has 0 aromatic rings. The predicted molar refractivity (Wildman–Crippen MR) is 68.1 cm³/mol. The van der Waals surface area contributed by atoms with E-state index in [0.29, 0.717) is 5.92 Å². The van der Waals surface area contributed by atoms with Crippen LogP contribution in [0.15, 0.2) is 23.3 Å². The molecule has 0 aliphatic carbocycles. The van der Waals surface area contributed by atoms with Gasteiger partial charge in [0.1, 0.15) is 0 Å². The zero-order valence-corrected chi connectivity index (χ0v) is 11.0. The first-order valence-electron chi connectivity index (χ1n) is 5.91. The van der Waals surface area contributed by atoms with E-state index in [1.165, 1.54) is 11.1 Å². The molecule has 0 bridgehead atoms. The van der Waals surface area contributed by atoms with E-state index in [4.69, 9.17) is 4.74 Å². The van der Waals surface area contributed by atoms with Crippen LogP contribution < -0.4 is 0 Å². The lowest BCUT2D eigenvalue weighted by molar-refractivity contribution is 0.129. The second-order valence-corrected chi connectivity index (χ2v) is 4.63. The highest BCUT2D eigenvalue weighted by Gasteiger charge is 1.94. The molecule has 0 aliphatic heterocycles. The molecule has 15 heavy (non-hydrogen) atoms. The fourth-order valence-electron chi connectivity index (χ4n) is 1.21. The summed E-state index contributed by atoms with van der Waals surface area (Å²) in [6.45, 7) is 12.4. The second kappa shape index (κ2) is 8.72. The molecule has 0 N–H and O–H groups in total. The summed E-state index contributed by atoms with van der Waals surface area (Å²) in [5.41, 5.74) is 2.81. The Labute approximate surface area is 95.2 Å². The molecule has 0 saturated heterocycles. The van der Waals surface area contributed by atoms with Crippen molar-refractivity contribution < 1.29 is 4.74 Å². The average Bonchev–Trinajstić information content (AvgIpc) is 2.17. The number of hydrogen-bond donors (Lipinski definition) is 0. The molecule has 1 nitrogen and oxygen atoms in total. The van der Waals surface area contributed by atoms with Gasteiger partial charge in [0.2, 0.25) is 0 Å². The van der Waals surface area contributed by atoms with Gasteiger partial charge in [0.25, 0.3) is 0 Å². The lowest BCUT2D eigenvalue weighted by Gasteiger charge is -2.07. The minimum absolute atomic E-state index is 0.628. The molecule has 0 amide bonds. The Morgan fingerprint density at radius 2 is 1.87 bits per heavy atom. The van der Waals surface area contributed by atoms with Crippen molar-refractivity contribution >= 4 is 0 Å². The fraction of sp³-hybridized carbons (Fsp3) is 0.714. The Kier molecular flexibility index (Phi) is 8.40. The van der Waals surface area contributed by atoms with Crippen LogP contribution in [0.4, 0.5) is 0 Å². The smallest absolute Gasteiger partial charge is 0.0674 e. The van der Waals surface area contributed by atoms with Gasteiger partial charge in [-0.25, -0.2) is 0 Å². The van der Waals surface area contributed by atoms with Gasteiger partial charge in [-0.05, 0) is 39.5 Å². The highest BCUT2D eigenvalue weighted by molar-refractivity contribution is 5.02. The van der Waals surface area contributed by atoms with Gasteiger partial charge in [-0.3, -0.25) is 0 Å². The molecule has 0 aliphatic rings. The predicted octanol–water partition coefficient (Wildman–Crippen LogP) is 4.35. The summed E-state index contributed by atoms with van der Waals surface area (Å²) in [4.78, 5) is 0. The standard InChI is InChI=1S/C14H26O/c1-6-13(4)8-7-9-14(5)11-15-10-12(2)3/h6,9,12H,7-8,10-11H2,1-5H3. The Bertz CT molecular complexity index is 211. The number of allylic oxidation sites excluding steroid dienone is 3. The van der Waals surface area contributed by atoms with E-state index in [-0.39, 0.29) is 0 Å². The van der Waals surface area contributed by atoms with Crippen LogP contribution in [0.5, 0.6) is 0 Å². The molecule has 0 aromatic heterocycles. The third-order valence-corrected chi connectivity index (χ3v) is 2.31. The topological polar surface area (TPSA) is 9.23 Å². The molecule has 0 rings (SSSR count). The van der Waals surface area contributed by atoms with Crippen molar-refractivity contribution in [2.75, 3.05) is 13.2 Å². The van der Waals surface area contributed by atoms with Crippen LogP contribution in [0.3, 0.4) is 0 Å². The minimum atomic E-state index is 0.628. The number of rotatable bonds is 7. The SMILES string of the molecule is CC=C(C)CCC=C(C)COCC(C)C. The largest absolute Gasteiger partial charge is 0.377 e. The molecule has 0 fully saturated rings. The van der Waals surface area contributed by atoms with Crippen molar-refractivity contribution in [2.24, 2.45) is 5.92 Å². The molecule has 1 heteroatoms. The lowest BCUT2D eigenvalue weighted by atomic mass is 10.1. The van der Waals surface area contributed by atoms with E-state index < -0.39 is 0 Å². The summed E-state index contributed by atoms with van der Waals surface area (Å²) < 4.78 is 5.56. The molecular formula is C14H26O. The van der Waals surface area contributed by atoms with Crippen LogP contribution in [0.1, 0.15) is 47.5 Å². The van der Waals surface area contributed by atoms with E-state index in [2.05, 4.69) is 46.8 Å². The van der Waals surface area contributed by atoms with Gasteiger partial charge in [-0.2, -0.15) is 0 Å². The van der Waals surface area contributed by atoms with E-state index in [1.807, 2.05) is 0 Å². The van der Waals surface area contributed by atoms with Crippen LogP contribution in [0.25, 0.3) is 0 Å². The van der Waals surface area contributed by atoms with Crippen molar-refractivity contribution in [3.05, 3.63) is 23.3 Å². The maximum absolute atomic E-state index is 5.56. The Morgan fingerprint density at radius 3 is 2.40 bits per heavy atom. The molecule has 0 unspecified atom stereocenters. The molecule has 88 valence electrons. The van der Waals surface area contributed by atoms with E-state index in [1.54, 1.807) is 0 Å². The Hall–Kier alpha value is -0.560. The van der Waals surface area contributed by atoms with E-state index >= 15 is 0 Å². The van der Waals surface area contributed by atoms with Gasteiger partial charge < -0.3 is 4.74 Å². The molecule has 0 radical (unpaired) electrons. The molecule has 0 atom stereocenters. The number of ether oxygens (including phenoxy) is 1. The third-order valence-electron chi connectivity index (χ3n) is 2.31. The highest BCUT2D eigenvalue weighted by Crippen LogP contribution is 2.06. The quantitative estimate of drug-likeness (QED) is 0.568. The van der Waals surface area contributed by atoms with Gasteiger partial charge in [0.15, 0.2) is 0 Å². The Morgan fingerprint density at radius 1 is 1.20 bits per heavy atom. The highest BCUT2D eigenvalue weighted by atomic mass is 16.5. The van der Waals surface area contributed by atoms with Gasteiger partial charge in [-0.1, -0.05) is 37.1 Å². The fourth-order valence-corrected chi connectivity index (χ4v) is 1.21. The lowest BCUT2D eigenvalue weighted by Crippen LogP contribution is -2.03. The summed E-state index contributed by atoms with van der Waals surface area (Å²) in [5, 5.41) is 0. The maximum Gasteiger partial charge on any atom is 0.0674 e. The van der Waals surface area contributed by atoms with Crippen molar-refractivity contribution in [1.82, 2.24) is 0 Å². The molecule has 0 spiro atoms. The first-order valence-corrected chi connectivity index (χ1v) is 5.91. The first-order chi connectivity index (χ1) is 7.06. The average molecular weight is 210 g/mol. The zero-order chi connectivity index (χ0) is 11.7. The molecule has 0 aromatic carbocycles. The monoisotopic (exact) mass is 210 g/mol. The minimum Gasteiger partial charge on any atom is -0.377 e. The van der Waals surface area contributed by atoms with Crippen LogP contribution in [0.2, 0.25) is 0 Å². The van der Waals surface area contributed by atoms with Gasteiger partial charge in [0, 0.05) is 6.61 Å². The van der Waals surface area contributed by atoms with Crippen molar-refractivity contribution in [1.29, 1.82) is 0 Å². The maximum atomic E-state index is 5.56. The van der Waals surface area contributed by atoms with Crippen molar-refractivity contribution in [3.63, 3.8) is 0 Å². The zero-order valence-electron chi connectivity index (χ0n) is 11.0. The van der Waals surface area contributed by atoms with E-state index in [0.717, 1.165) is 26.1 Å². The summed E-state index contributed by atoms with van der Waals surface area (Å²) in [6.07, 6.45) is 6.76. The van der Waals surface area contributed by atoms with Crippen LogP contribution >= 0.6 is 0 Å². The van der Waals surface area contributed by atoms with Crippen molar-refractivity contribution in [3.8, 4) is 0 Å². The van der Waals surface area contributed by atoms with Crippen LogP contribution in [-0.4, -0.2) is 13.2 Å². The van der Waals surface area contributed by atoms with E-state index in [9.17, 15) is 0 Å². The summed E-state index contributed by atoms with van der Waals surface area (Å²) in [6, 6.07) is 0. The first kappa shape index (κ1) is 14.4. The van der Waals surface area contributed by atoms with Gasteiger partial charge in [-0.15, -0.1) is 0 Å². The molecule has 0 saturated carbocycles. The van der Waals surface area contributed by atoms with Gasteiger partial charge in [0.05, 0.1) is 6.61 Å². The second-order valence-electron chi connectivity index (χ2n) is 4.63. The third kappa shape index (κ3) is 9.74. The molecular weight excluding hydrogens is 184 g/mol. The normalized spacial score (nSPS) is 13.7. The van der Waals surface area contributed by atoms with Gasteiger partial charge >= 0.3 is 0 Å². The van der Waals surface area contributed by atoms with Crippen molar-refractivity contribution in [2.45, 2.75) is 47.5 Å². The summed E-state index contributed by atoms with van der Waals surface area (Å²) in [5.74, 6) is 0.628.